The number of para-hydroxylation sites is 1. The molecule has 3 amide bonds. The smallest absolute Gasteiger partial charge is 0.253 e. The summed E-state index contributed by atoms with van der Waals surface area (Å²) in [5, 5.41) is 6.28. The summed E-state index contributed by atoms with van der Waals surface area (Å²) in [7, 11) is 0. The van der Waals surface area contributed by atoms with Crippen LogP contribution in [0.3, 0.4) is 0 Å². The van der Waals surface area contributed by atoms with Crippen LogP contribution in [0.1, 0.15) is 22.3 Å². The van der Waals surface area contributed by atoms with E-state index < -0.39 is 5.92 Å². The fraction of sp³-hybridized carbons (Fsp3) is 0.192. The van der Waals surface area contributed by atoms with Crippen LogP contribution in [0, 0.1) is 5.92 Å². The van der Waals surface area contributed by atoms with Crippen LogP contribution in [0.2, 0.25) is 5.02 Å². The first-order valence-electron chi connectivity index (χ1n) is 10.8. The number of carbonyl (C=O) groups is 3. The first-order valence-corrected chi connectivity index (χ1v) is 11.2. The molecule has 1 aliphatic rings. The molecule has 4 rings (SSSR count). The third kappa shape index (κ3) is 5.59. The molecule has 0 radical (unpaired) electrons. The lowest BCUT2D eigenvalue weighted by Gasteiger charge is -2.17. The molecule has 2 N–H and O–H groups in total. The second-order valence-electron chi connectivity index (χ2n) is 7.91. The number of nitrogens with one attached hydrogen (secondary N) is 2. The monoisotopic (exact) mass is 461 g/mol. The van der Waals surface area contributed by atoms with Gasteiger partial charge in [-0.15, -0.1) is 0 Å². The zero-order chi connectivity index (χ0) is 23.2. The number of carbonyl (C=O) groups excluding carboxylic acids is 3. The molecule has 1 aliphatic heterocycles. The van der Waals surface area contributed by atoms with Gasteiger partial charge in [0.25, 0.3) is 5.91 Å². The molecule has 7 heteroatoms. The number of amides is 3. The maximum absolute atomic E-state index is 12.9. The van der Waals surface area contributed by atoms with E-state index in [9.17, 15) is 14.4 Å². The average Bonchev–Trinajstić information content (AvgIpc) is 3.22. The van der Waals surface area contributed by atoms with E-state index in [1.165, 1.54) is 0 Å². The first kappa shape index (κ1) is 22.6. The molecule has 1 saturated heterocycles. The van der Waals surface area contributed by atoms with Crippen molar-refractivity contribution in [2.45, 2.75) is 12.8 Å². The summed E-state index contributed by atoms with van der Waals surface area (Å²) >= 11 is 6.04. The summed E-state index contributed by atoms with van der Waals surface area (Å²) in [6.07, 6.45) is 0.814. The zero-order valence-corrected chi connectivity index (χ0v) is 18.7. The molecule has 33 heavy (non-hydrogen) atoms. The molecule has 6 nitrogen and oxygen atoms in total. The highest BCUT2D eigenvalue weighted by Gasteiger charge is 2.35. The highest BCUT2D eigenvalue weighted by molar-refractivity contribution is 6.31. The molecule has 0 aromatic heterocycles. The van der Waals surface area contributed by atoms with Gasteiger partial charge in [-0.1, -0.05) is 60.1 Å². The molecule has 1 atom stereocenters. The van der Waals surface area contributed by atoms with Gasteiger partial charge in [0.2, 0.25) is 11.8 Å². The molecule has 0 bridgehead atoms. The van der Waals surface area contributed by atoms with Crippen molar-refractivity contribution in [3.63, 3.8) is 0 Å². The molecule has 1 heterocycles. The zero-order valence-electron chi connectivity index (χ0n) is 18.0. The Bertz CT molecular complexity index is 1170. The van der Waals surface area contributed by atoms with Crippen LogP contribution in [-0.2, 0) is 16.0 Å². The van der Waals surface area contributed by atoms with Crippen LogP contribution in [0.4, 0.5) is 11.4 Å². The second kappa shape index (κ2) is 10.3. The minimum Gasteiger partial charge on any atom is -0.352 e. The van der Waals surface area contributed by atoms with Crippen molar-refractivity contribution in [3.8, 4) is 0 Å². The lowest BCUT2D eigenvalue weighted by atomic mass is 10.1. The van der Waals surface area contributed by atoms with Gasteiger partial charge in [-0.2, -0.15) is 0 Å². The molecule has 3 aromatic rings. The van der Waals surface area contributed by atoms with Crippen molar-refractivity contribution >= 4 is 40.7 Å². The van der Waals surface area contributed by atoms with Crippen LogP contribution in [0.15, 0.2) is 78.9 Å². The van der Waals surface area contributed by atoms with Gasteiger partial charge in [-0.05, 0) is 42.3 Å². The predicted octanol–water partition coefficient (Wildman–Crippen LogP) is 4.30. The highest BCUT2D eigenvalue weighted by Crippen LogP contribution is 2.28. The average molecular weight is 462 g/mol. The number of nitrogens with zero attached hydrogens (tertiary/aromatic N) is 1. The van der Waals surface area contributed by atoms with Gasteiger partial charge < -0.3 is 15.5 Å². The van der Waals surface area contributed by atoms with Crippen LogP contribution in [0.25, 0.3) is 0 Å². The molecule has 0 spiro atoms. The molecule has 0 unspecified atom stereocenters. The maximum atomic E-state index is 12.9. The predicted molar refractivity (Wildman–Crippen MR) is 129 cm³/mol. The normalized spacial score (nSPS) is 15.4. The van der Waals surface area contributed by atoms with E-state index in [2.05, 4.69) is 10.6 Å². The summed E-state index contributed by atoms with van der Waals surface area (Å²) in [6.45, 7) is 0.743. The second-order valence-corrected chi connectivity index (χ2v) is 8.35. The molecule has 0 saturated carbocycles. The van der Waals surface area contributed by atoms with Crippen LogP contribution < -0.4 is 15.5 Å². The van der Waals surface area contributed by atoms with Crippen molar-refractivity contribution in [2.24, 2.45) is 5.92 Å². The molecular weight excluding hydrogens is 438 g/mol. The summed E-state index contributed by atoms with van der Waals surface area (Å²) in [5.74, 6) is -1.21. The van der Waals surface area contributed by atoms with Crippen LogP contribution in [0.5, 0.6) is 0 Å². The van der Waals surface area contributed by atoms with E-state index in [1.54, 1.807) is 53.4 Å². The number of benzene rings is 3. The van der Waals surface area contributed by atoms with Gasteiger partial charge in [0.05, 0.1) is 17.2 Å². The van der Waals surface area contributed by atoms with Crippen LogP contribution in [-0.4, -0.2) is 30.8 Å². The Hall–Kier alpha value is -3.64. The van der Waals surface area contributed by atoms with Crippen molar-refractivity contribution < 1.29 is 14.4 Å². The van der Waals surface area contributed by atoms with Gasteiger partial charge in [0, 0.05) is 30.2 Å². The van der Waals surface area contributed by atoms with Crippen molar-refractivity contribution in [2.75, 3.05) is 23.3 Å². The van der Waals surface area contributed by atoms with E-state index in [4.69, 9.17) is 11.6 Å². The van der Waals surface area contributed by atoms with Crippen molar-refractivity contribution in [1.82, 2.24) is 5.32 Å². The Morgan fingerprint density at radius 1 is 0.970 bits per heavy atom. The highest BCUT2D eigenvalue weighted by atomic mass is 35.5. The summed E-state index contributed by atoms with van der Waals surface area (Å²) in [4.78, 5) is 39.7. The van der Waals surface area contributed by atoms with Crippen LogP contribution >= 0.6 is 11.6 Å². The third-order valence-electron chi connectivity index (χ3n) is 5.59. The summed E-state index contributed by atoms with van der Waals surface area (Å²) in [6, 6.07) is 23.8. The lowest BCUT2D eigenvalue weighted by molar-refractivity contribution is -0.122. The molecule has 3 aromatic carbocycles. The minimum absolute atomic E-state index is 0.101. The van der Waals surface area contributed by atoms with Gasteiger partial charge in [-0.25, -0.2) is 0 Å². The third-order valence-corrected chi connectivity index (χ3v) is 5.82. The number of halogens is 1. The molecule has 1 fully saturated rings. The Labute approximate surface area is 197 Å². The van der Waals surface area contributed by atoms with E-state index in [-0.39, 0.29) is 30.7 Å². The fourth-order valence-corrected chi connectivity index (χ4v) is 4.05. The maximum Gasteiger partial charge on any atom is 0.253 e. The van der Waals surface area contributed by atoms with Gasteiger partial charge in [0.15, 0.2) is 0 Å². The first-order chi connectivity index (χ1) is 16.0. The van der Waals surface area contributed by atoms with Crippen molar-refractivity contribution in [1.29, 1.82) is 0 Å². The Morgan fingerprint density at radius 2 is 1.73 bits per heavy atom. The van der Waals surface area contributed by atoms with Gasteiger partial charge >= 0.3 is 0 Å². The lowest BCUT2D eigenvalue weighted by Crippen LogP contribution is -2.30. The molecular formula is C26H24ClN3O3. The minimum atomic E-state index is -0.523. The number of hydrogen-bond donors (Lipinski definition) is 2. The van der Waals surface area contributed by atoms with E-state index in [1.807, 2.05) is 30.3 Å². The quantitative estimate of drug-likeness (QED) is 0.550. The van der Waals surface area contributed by atoms with E-state index in [0.717, 1.165) is 5.56 Å². The standard InChI is InChI=1S/C26H24ClN3O3/c27-20-9-6-10-21(16-20)30-17-19(15-24(30)31)25(32)29-23-12-5-4-11-22(23)26(33)28-14-13-18-7-2-1-3-8-18/h1-12,16,19H,13-15,17H2,(H,28,33)(H,29,32)/t19-/m0/s1. The molecule has 0 aliphatic carbocycles. The molecule has 168 valence electrons. The van der Waals surface area contributed by atoms with Gasteiger partial charge in [0.1, 0.15) is 0 Å². The largest absolute Gasteiger partial charge is 0.352 e. The van der Waals surface area contributed by atoms with Gasteiger partial charge in [-0.3, -0.25) is 14.4 Å². The fourth-order valence-electron chi connectivity index (χ4n) is 3.86. The van der Waals surface area contributed by atoms with E-state index >= 15 is 0 Å². The number of anilines is 2. The SMILES string of the molecule is O=C(NCCc1ccccc1)c1ccccc1NC(=O)[C@H]1CC(=O)N(c2cccc(Cl)c2)C1. The van der Waals surface area contributed by atoms with Crippen molar-refractivity contribution in [3.05, 3.63) is 95.0 Å². The number of hydrogen-bond acceptors (Lipinski definition) is 3. The Kier molecular flexibility index (Phi) is 7.05. The summed E-state index contributed by atoms with van der Waals surface area (Å²) in [5.41, 5.74) is 2.61. The Morgan fingerprint density at radius 3 is 2.52 bits per heavy atom. The Balaban J connectivity index is 1.38. The van der Waals surface area contributed by atoms with E-state index in [0.29, 0.717) is 34.9 Å². The topological polar surface area (TPSA) is 78.5 Å². The summed E-state index contributed by atoms with van der Waals surface area (Å²) < 4.78 is 0. The number of rotatable bonds is 7.